The lowest BCUT2D eigenvalue weighted by molar-refractivity contribution is -0.177. The molecule has 7 nitrogen and oxygen atoms in total. The minimum absolute atomic E-state index is 0.0176. The molecule has 1 aromatic carbocycles. The Kier molecular flexibility index (Phi) is 8.37. The zero-order valence-electron chi connectivity index (χ0n) is 18.1. The molecular formula is C21H27ClF4N2O5. The van der Waals surface area contributed by atoms with Gasteiger partial charge in [0.1, 0.15) is 6.67 Å². The summed E-state index contributed by atoms with van der Waals surface area (Å²) in [6.07, 6.45) is -5.30. The fraction of sp³-hybridized carbons (Fsp3) is 0.619. The Morgan fingerprint density at radius 2 is 1.88 bits per heavy atom. The number of aliphatic carboxylic acids is 2. The summed E-state index contributed by atoms with van der Waals surface area (Å²) in [5.74, 6) is -4.99. The van der Waals surface area contributed by atoms with Gasteiger partial charge in [-0.25, -0.2) is 4.39 Å². The number of nitrogens with one attached hydrogen (secondary N) is 1. The number of carboxylic acid groups (broad SMARTS) is 2. The Morgan fingerprint density at radius 1 is 1.24 bits per heavy atom. The maximum absolute atomic E-state index is 14.2. The van der Waals surface area contributed by atoms with Crippen LogP contribution in [0.25, 0.3) is 0 Å². The van der Waals surface area contributed by atoms with E-state index in [1.807, 2.05) is 0 Å². The third-order valence-electron chi connectivity index (χ3n) is 6.65. The fourth-order valence-corrected chi connectivity index (χ4v) is 5.30. The lowest BCUT2D eigenvalue weighted by Gasteiger charge is -2.57. The molecule has 1 aliphatic heterocycles. The molecule has 5 N–H and O–H groups in total. The highest BCUT2D eigenvalue weighted by Crippen LogP contribution is 2.59. The van der Waals surface area contributed by atoms with Gasteiger partial charge in [0.15, 0.2) is 0 Å². The molecule has 186 valence electrons. The molecule has 0 radical (unpaired) electrons. The topological polar surface area (TPSA) is 122 Å². The second-order valence-corrected chi connectivity index (χ2v) is 8.62. The normalized spacial score (nSPS) is 30.2. The average molecular weight is 499 g/mol. The molecule has 1 aliphatic rings. The summed E-state index contributed by atoms with van der Waals surface area (Å²) in [7, 11) is 0. The van der Waals surface area contributed by atoms with E-state index in [0.29, 0.717) is 0 Å². The molecule has 0 aliphatic carbocycles. The lowest BCUT2D eigenvalue weighted by Crippen LogP contribution is -2.71. The van der Waals surface area contributed by atoms with Crippen LogP contribution in [0.1, 0.15) is 37.3 Å². The summed E-state index contributed by atoms with van der Waals surface area (Å²) < 4.78 is 61.8. The van der Waals surface area contributed by atoms with E-state index in [9.17, 15) is 37.4 Å². The number of alkyl halides is 4. The minimum atomic E-state index is -5.02. The van der Waals surface area contributed by atoms with Crippen LogP contribution in [0.5, 0.6) is 0 Å². The van der Waals surface area contributed by atoms with E-state index in [0.717, 1.165) is 19.1 Å². The molecule has 0 amide bonds. The van der Waals surface area contributed by atoms with Gasteiger partial charge in [-0.2, -0.15) is 13.2 Å². The highest BCUT2D eigenvalue weighted by Gasteiger charge is 2.67. The maximum atomic E-state index is 14.2. The zero-order valence-corrected chi connectivity index (χ0v) is 18.8. The van der Waals surface area contributed by atoms with Gasteiger partial charge in [0.25, 0.3) is 0 Å². The van der Waals surface area contributed by atoms with Crippen molar-refractivity contribution in [3.63, 3.8) is 0 Å². The van der Waals surface area contributed by atoms with Crippen LogP contribution in [0.4, 0.5) is 17.6 Å². The number of carbonyl (C=O) groups is 2. The Morgan fingerprint density at radius 3 is 2.33 bits per heavy atom. The van der Waals surface area contributed by atoms with Crippen molar-refractivity contribution in [2.75, 3.05) is 26.4 Å². The van der Waals surface area contributed by atoms with E-state index < -0.39 is 69.8 Å². The number of carboxylic acids is 2. The quantitative estimate of drug-likeness (QED) is 0.304. The summed E-state index contributed by atoms with van der Waals surface area (Å²) >= 11 is 5.89. The Labute approximate surface area is 193 Å². The van der Waals surface area contributed by atoms with E-state index in [1.54, 1.807) is 0 Å². The number of ether oxygens (including phenoxy) is 1. The van der Waals surface area contributed by atoms with Crippen molar-refractivity contribution in [3.8, 4) is 0 Å². The van der Waals surface area contributed by atoms with Gasteiger partial charge in [-0.15, -0.1) is 0 Å². The Hall–Kier alpha value is -1.95. The van der Waals surface area contributed by atoms with Crippen LogP contribution in [-0.4, -0.2) is 60.7 Å². The number of piperidine rings is 1. The Balaban J connectivity index is 2.96. The van der Waals surface area contributed by atoms with Crippen LogP contribution in [0.3, 0.4) is 0 Å². The third kappa shape index (κ3) is 4.55. The number of halogens is 5. The van der Waals surface area contributed by atoms with Gasteiger partial charge in [0.05, 0.1) is 40.7 Å². The van der Waals surface area contributed by atoms with Gasteiger partial charge in [0, 0.05) is 18.5 Å². The van der Waals surface area contributed by atoms with Gasteiger partial charge in [0.2, 0.25) is 0 Å². The van der Waals surface area contributed by atoms with Gasteiger partial charge in [-0.05, 0) is 25.0 Å². The number of rotatable bonds is 9. The summed E-state index contributed by atoms with van der Waals surface area (Å²) in [4.78, 5) is 25.3. The van der Waals surface area contributed by atoms with E-state index in [4.69, 9.17) is 22.1 Å². The van der Waals surface area contributed by atoms with Gasteiger partial charge < -0.3 is 26.0 Å². The smallest absolute Gasteiger partial charge is 0.418 e. The molecular weight excluding hydrogens is 472 g/mol. The zero-order chi connectivity index (χ0) is 25.2. The van der Waals surface area contributed by atoms with Crippen LogP contribution in [0, 0.1) is 10.8 Å². The van der Waals surface area contributed by atoms with Gasteiger partial charge in [-0.3, -0.25) is 9.59 Å². The second kappa shape index (κ2) is 10.1. The van der Waals surface area contributed by atoms with Crippen LogP contribution in [-0.2, 0) is 20.5 Å². The molecule has 12 heteroatoms. The SMILES string of the molecule is CCC1(C(=O)O)C(COCCN)NC(CF)C(C)(C(=O)O)C1c1cccc(Cl)c1C(F)(F)F. The van der Waals surface area contributed by atoms with Crippen LogP contribution in [0.15, 0.2) is 18.2 Å². The maximum Gasteiger partial charge on any atom is 0.418 e. The summed E-state index contributed by atoms with van der Waals surface area (Å²) in [5, 5.41) is 22.5. The molecule has 1 fully saturated rings. The monoisotopic (exact) mass is 498 g/mol. The molecule has 0 aromatic heterocycles. The molecule has 5 atom stereocenters. The first kappa shape index (κ1) is 27.3. The molecule has 33 heavy (non-hydrogen) atoms. The molecule has 1 heterocycles. The highest BCUT2D eigenvalue weighted by atomic mass is 35.5. The Bertz CT molecular complexity index is 887. The van der Waals surface area contributed by atoms with Crippen molar-refractivity contribution in [2.45, 2.75) is 44.4 Å². The summed E-state index contributed by atoms with van der Waals surface area (Å²) in [6, 6.07) is 0.446. The third-order valence-corrected chi connectivity index (χ3v) is 6.96. The molecule has 2 rings (SSSR count). The van der Waals surface area contributed by atoms with E-state index in [1.165, 1.54) is 13.0 Å². The highest BCUT2D eigenvalue weighted by molar-refractivity contribution is 6.31. The molecule has 0 spiro atoms. The average Bonchev–Trinajstić information content (AvgIpc) is 2.72. The lowest BCUT2D eigenvalue weighted by atomic mass is 9.50. The first-order chi connectivity index (χ1) is 15.3. The van der Waals surface area contributed by atoms with Crippen molar-refractivity contribution in [1.29, 1.82) is 0 Å². The van der Waals surface area contributed by atoms with Crippen molar-refractivity contribution in [1.82, 2.24) is 5.32 Å². The van der Waals surface area contributed by atoms with Gasteiger partial charge >= 0.3 is 18.1 Å². The molecule has 5 unspecified atom stereocenters. The summed E-state index contributed by atoms with van der Waals surface area (Å²) in [5.41, 5.74) is -0.949. The minimum Gasteiger partial charge on any atom is -0.481 e. The second-order valence-electron chi connectivity index (χ2n) is 8.21. The van der Waals surface area contributed by atoms with Crippen LogP contribution in [0.2, 0.25) is 5.02 Å². The first-order valence-corrected chi connectivity index (χ1v) is 10.6. The predicted molar refractivity (Wildman–Crippen MR) is 112 cm³/mol. The van der Waals surface area contributed by atoms with Crippen molar-refractivity contribution < 1.29 is 42.1 Å². The van der Waals surface area contributed by atoms with Crippen LogP contribution < -0.4 is 11.1 Å². The van der Waals surface area contributed by atoms with Crippen molar-refractivity contribution in [2.24, 2.45) is 16.6 Å². The van der Waals surface area contributed by atoms with Crippen molar-refractivity contribution >= 4 is 23.5 Å². The number of benzene rings is 1. The van der Waals surface area contributed by atoms with E-state index in [2.05, 4.69) is 5.32 Å². The predicted octanol–water partition coefficient (Wildman–Crippen LogP) is 3.30. The largest absolute Gasteiger partial charge is 0.481 e. The van der Waals surface area contributed by atoms with Crippen molar-refractivity contribution in [3.05, 3.63) is 34.3 Å². The number of hydrogen-bond acceptors (Lipinski definition) is 5. The van der Waals surface area contributed by atoms with Crippen LogP contribution >= 0.6 is 11.6 Å². The molecule has 1 aromatic rings. The fourth-order valence-electron chi connectivity index (χ4n) is 5.02. The summed E-state index contributed by atoms with van der Waals surface area (Å²) in [6.45, 7) is 0.991. The van der Waals surface area contributed by atoms with E-state index >= 15 is 0 Å². The van der Waals surface area contributed by atoms with Gasteiger partial charge in [-0.1, -0.05) is 30.7 Å². The first-order valence-electron chi connectivity index (χ1n) is 10.3. The molecule has 1 saturated heterocycles. The number of hydrogen-bond donors (Lipinski definition) is 4. The van der Waals surface area contributed by atoms with E-state index in [-0.39, 0.29) is 26.2 Å². The standard InChI is InChI=1S/C21H27ClF4N2O5/c1-3-20(18(31)32)14(10-33-8-7-27)28-13(9-23)19(2,17(29)30)16(20)11-5-4-6-12(22)15(11)21(24,25)26/h4-6,13-14,16,28H,3,7-10,27H2,1-2H3,(H,29,30)(H,31,32). The molecule has 0 saturated carbocycles. The number of nitrogens with two attached hydrogens (primary N) is 1. The molecule has 0 bridgehead atoms.